The monoisotopic (exact) mass is 374 g/mol. The summed E-state index contributed by atoms with van der Waals surface area (Å²) in [4.78, 5) is 5.60. The van der Waals surface area contributed by atoms with Crippen molar-refractivity contribution >= 4 is 48.3 Å². The van der Waals surface area contributed by atoms with Crippen molar-refractivity contribution in [2.45, 2.75) is 19.8 Å². The van der Waals surface area contributed by atoms with Crippen LogP contribution in [-0.2, 0) is 12.8 Å². The van der Waals surface area contributed by atoms with Crippen molar-refractivity contribution in [2.75, 3.05) is 5.73 Å². The summed E-state index contributed by atoms with van der Waals surface area (Å²) >= 11 is 8.62. The molecule has 0 fully saturated rings. The van der Waals surface area contributed by atoms with Crippen LogP contribution < -0.4 is 5.73 Å². The molecule has 0 amide bonds. The van der Waals surface area contributed by atoms with Gasteiger partial charge in [-0.25, -0.2) is 4.98 Å². The summed E-state index contributed by atoms with van der Waals surface area (Å²) < 4.78 is 2.19. The molecule has 0 bridgehead atoms. The number of benzene rings is 1. The lowest BCUT2D eigenvalue weighted by molar-refractivity contribution is 1.02. The zero-order valence-electron chi connectivity index (χ0n) is 9.34. The van der Waals surface area contributed by atoms with Crippen LogP contribution in [0.5, 0.6) is 0 Å². The molecule has 1 aromatic carbocycles. The summed E-state index contributed by atoms with van der Waals surface area (Å²) in [6, 6.07) is 6.23. The van der Waals surface area contributed by atoms with E-state index in [9.17, 15) is 0 Å². The smallest absolute Gasteiger partial charge is 0.180 e. The number of thiazole rings is 1. The van der Waals surface area contributed by atoms with Crippen LogP contribution in [0.2, 0.25) is 0 Å². The number of halogens is 2. The number of anilines is 1. The number of hydrogen-bond acceptors (Lipinski definition) is 3. The van der Waals surface area contributed by atoms with Gasteiger partial charge in [0, 0.05) is 20.2 Å². The summed E-state index contributed by atoms with van der Waals surface area (Å²) in [7, 11) is 0. The minimum absolute atomic E-state index is 0.657. The van der Waals surface area contributed by atoms with Gasteiger partial charge >= 0.3 is 0 Å². The average Bonchev–Trinajstić information content (AvgIpc) is 2.63. The van der Waals surface area contributed by atoms with Gasteiger partial charge in [-0.2, -0.15) is 0 Å². The number of rotatable bonds is 3. The number of hydrogen-bond donors (Lipinski definition) is 1. The maximum absolute atomic E-state index is 5.76. The molecule has 17 heavy (non-hydrogen) atoms. The normalized spacial score (nSPS) is 10.8. The van der Waals surface area contributed by atoms with Crippen molar-refractivity contribution in [1.82, 2.24) is 4.98 Å². The van der Waals surface area contributed by atoms with E-state index in [2.05, 4.69) is 62.0 Å². The van der Waals surface area contributed by atoms with Gasteiger partial charge in [-0.1, -0.05) is 44.8 Å². The molecule has 1 aromatic heterocycles. The predicted molar refractivity (Wildman–Crippen MR) is 80.6 cm³/mol. The summed E-state index contributed by atoms with van der Waals surface area (Å²) in [6.45, 7) is 2.11. The summed E-state index contributed by atoms with van der Waals surface area (Å²) in [5.74, 6) is 0. The first-order valence-electron chi connectivity index (χ1n) is 5.28. The Balaban J connectivity index is 2.30. The van der Waals surface area contributed by atoms with E-state index in [1.165, 1.54) is 10.4 Å². The van der Waals surface area contributed by atoms with Gasteiger partial charge in [-0.15, -0.1) is 11.3 Å². The third-order valence-electron chi connectivity index (χ3n) is 2.50. The van der Waals surface area contributed by atoms with E-state index in [-0.39, 0.29) is 0 Å². The Morgan fingerprint density at radius 2 is 2.12 bits per heavy atom. The van der Waals surface area contributed by atoms with Crippen LogP contribution in [0.25, 0.3) is 0 Å². The molecule has 2 aromatic rings. The third kappa shape index (κ3) is 3.09. The van der Waals surface area contributed by atoms with Crippen LogP contribution in [-0.4, -0.2) is 4.98 Å². The lowest BCUT2D eigenvalue weighted by Gasteiger charge is -2.04. The van der Waals surface area contributed by atoms with E-state index in [1.807, 2.05) is 0 Å². The van der Waals surface area contributed by atoms with Crippen molar-refractivity contribution in [2.24, 2.45) is 0 Å². The Hall–Kier alpha value is -0.390. The molecule has 0 aliphatic carbocycles. The SMILES string of the molecule is CCc1nc(N)sc1Cc1ccc(Br)cc1Br. The molecule has 0 aliphatic rings. The first-order valence-corrected chi connectivity index (χ1v) is 7.68. The van der Waals surface area contributed by atoms with E-state index in [0.29, 0.717) is 5.13 Å². The Kier molecular flexibility index (Phi) is 4.22. The largest absolute Gasteiger partial charge is 0.375 e. The number of nitrogens with zero attached hydrogens (tertiary/aromatic N) is 1. The fourth-order valence-electron chi connectivity index (χ4n) is 1.66. The first kappa shape index (κ1) is 13.1. The van der Waals surface area contributed by atoms with Crippen LogP contribution in [0.15, 0.2) is 27.1 Å². The first-order chi connectivity index (χ1) is 8.10. The Bertz CT molecular complexity index is 537. The molecular formula is C12H12Br2N2S. The second-order valence-corrected chi connectivity index (χ2v) is 6.57. The molecule has 2 N–H and O–H groups in total. The summed E-state index contributed by atoms with van der Waals surface area (Å²) in [5, 5.41) is 0.657. The highest BCUT2D eigenvalue weighted by atomic mass is 79.9. The van der Waals surface area contributed by atoms with Gasteiger partial charge in [0.15, 0.2) is 5.13 Å². The predicted octanol–water partition coefficient (Wildman–Crippen LogP) is 4.40. The minimum Gasteiger partial charge on any atom is -0.375 e. The number of nitrogen functional groups attached to an aromatic ring is 1. The highest BCUT2D eigenvalue weighted by molar-refractivity contribution is 9.11. The topological polar surface area (TPSA) is 38.9 Å². The van der Waals surface area contributed by atoms with Crippen LogP contribution in [0.3, 0.4) is 0 Å². The zero-order valence-corrected chi connectivity index (χ0v) is 13.3. The Morgan fingerprint density at radius 3 is 2.76 bits per heavy atom. The lowest BCUT2D eigenvalue weighted by Crippen LogP contribution is -1.92. The Labute approximate surface area is 122 Å². The van der Waals surface area contributed by atoms with Gasteiger partial charge in [-0.05, 0) is 24.1 Å². The van der Waals surface area contributed by atoms with Crippen molar-refractivity contribution in [3.63, 3.8) is 0 Å². The minimum atomic E-state index is 0.657. The Morgan fingerprint density at radius 1 is 1.35 bits per heavy atom. The molecule has 90 valence electrons. The molecular weight excluding hydrogens is 364 g/mol. The fraction of sp³-hybridized carbons (Fsp3) is 0.250. The summed E-state index contributed by atoms with van der Waals surface area (Å²) in [5.41, 5.74) is 8.13. The number of aromatic nitrogens is 1. The molecule has 2 rings (SSSR count). The van der Waals surface area contributed by atoms with E-state index < -0.39 is 0 Å². The standard InChI is InChI=1S/C12H12Br2N2S/c1-2-10-11(17-12(15)16-10)5-7-3-4-8(13)6-9(7)14/h3-4,6H,2,5H2,1H3,(H2,15,16). The van der Waals surface area contributed by atoms with E-state index >= 15 is 0 Å². The maximum atomic E-state index is 5.76. The second-order valence-electron chi connectivity index (χ2n) is 3.69. The zero-order chi connectivity index (χ0) is 12.4. The molecule has 0 saturated carbocycles. The van der Waals surface area contributed by atoms with Gasteiger partial charge in [0.2, 0.25) is 0 Å². The molecule has 0 atom stereocenters. The molecule has 0 spiro atoms. The van der Waals surface area contributed by atoms with Crippen LogP contribution in [0.1, 0.15) is 23.1 Å². The van der Waals surface area contributed by atoms with Gasteiger partial charge in [-0.3, -0.25) is 0 Å². The summed E-state index contributed by atoms with van der Waals surface area (Å²) in [6.07, 6.45) is 1.81. The molecule has 0 unspecified atom stereocenters. The molecule has 2 nitrogen and oxygen atoms in total. The van der Waals surface area contributed by atoms with Crippen LogP contribution >= 0.6 is 43.2 Å². The van der Waals surface area contributed by atoms with Gasteiger partial charge in [0.1, 0.15) is 0 Å². The van der Waals surface area contributed by atoms with Crippen molar-refractivity contribution in [3.05, 3.63) is 43.3 Å². The molecule has 0 radical (unpaired) electrons. The quantitative estimate of drug-likeness (QED) is 0.863. The van der Waals surface area contributed by atoms with E-state index in [0.717, 1.165) is 27.5 Å². The van der Waals surface area contributed by atoms with Gasteiger partial charge in [0.05, 0.1) is 5.69 Å². The fourth-order valence-corrected chi connectivity index (χ4v) is 3.79. The van der Waals surface area contributed by atoms with Gasteiger partial charge in [0.25, 0.3) is 0 Å². The third-order valence-corrected chi connectivity index (χ3v) is 4.65. The van der Waals surface area contributed by atoms with Crippen molar-refractivity contribution < 1.29 is 0 Å². The average molecular weight is 376 g/mol. The van der Waals surface area contributed by atoms with Crippen molar-refractivity contribution in [1.29, 1.82) is 0 Å². The molecule has 0 aliphatic heterocycles. The maximum Gasteiger partial charge on any atom is 0.180 e. The van der Waals surface area contributed by atoms with Crippen LogP contribution in [0.4, 0.5) is 5.13 Å². The molecule has 5 heteroatoms. The molecule has 1 heterocycles. The lowest BCUT2D eigenvalue weighted by atomic mass is 10.1. The van der Waals surface area contributed by atoms with Crippen LogP contribution in [0, 0.1) is 0 Å². The number of aryl methyl sites for hydroxylation is 1. The van der Waals surface area contributed by atoms with Gasteiger partial charge < -0.3 is 5.73 Å². The second kappa shape index (κ2) is 5.50. The van der Waals surface area contributed by atoms with E-state index in [4.69, 9.17) is 5.73 Å². The molecule has 0 saturated heterocycles. The number of nitrogens with two attached hydrogens (primary N) is 1. The highest BCUT2D eigenvalue weighted by Crippen LogP contribution is 2.28. The highest BCUT2D eigenvalue weighted by Gasteiger charge is 2.10. The van der Waals surface area contributed by atoms with Crippen molar-refractivity contribution in [3.8, 4) is 0 Å². The van der Waals surface area contributed by atoms with E-state index in [1.54, 1.807) is 11.3 Å².